The average Bonchev–Trinajstić information content (AvgIpc) is 0.906. The maximum Gasteiger partial charge on any atom is 0.488 e. The second-order valence-corrected chi connectivity index (χ2v) is 29.3. The highest BCUT2D eigenvalue weighted by atomic mass is 31.3. The Morgan fingerprint density at radius 1 is 0.850 bits per heavy atom. The number of anilines is 2. The third-order valence-electron chi connectivity index (χ3n) is 17.6. The van der Waals surface area contributed by atoms with Gasteiger partial charge in [-0.2, -0.15) is 4.31 Å². The lowest BCUT2D eigenvalue weighted by atomic mass is 9.81. The summed E-state index contributed by atoms with van der Waals surface area (Å²) in [7, 11) is -15.7. The molecule has 5 unspecified atom stereocenters. The summed E-state index contributed by atoms with van der Waals surface area (Å²) in [5.74, 6) is -0.847. The molecule has 6 aromatic rings. The van der Waals surface area contributed by atoms with Gasteiger partial charge in [0.25, 0.3) is 11.8 Å². The summed E-state index contributed by atoms with van der Waals surface area (Å²) in [5.41, 5.74) is 33.5. The number of rotatable bonds is 30. The van der Waals surface area contributed by atoms with Crippen LogP contribution in [0.25, 0.3) is 37.5 Å². The Balaban J connectivity index is 0.622. The van der Waals surface area contributed by atoms with Crippen molar-refractivity contribution >= 4 is 75.0 Å². The molecule has 0 radical (unpaired) electrons. The number of hydrogen-bond donors (Lipinski definition) is 8. The van der Waals surface area contributed by atoms with Crippen LogP contribution in [-0.4, -0.2) is 162 Å². The van der Waals surface area contributed by atoms with Gasteiger partial charge in [0, 0.05) is 125 Å². The molecule has 1 fully saturated rings. The number of amides is 3. The largest absolute Gasteiger partial charge is 0.491 e. The number of aromatic nitrogens is 3. The number of carbonyl (C=O) groups excluding carboxylic acids is 3. The summed E-state index contributed by atoms with van der Waals surface area (Å²) in [6.45, 7) is 1.99. The van der Waals surface area contributed by atoms with E-state index in [2.05, 4.69) is 76.2 Å². The molecule has 100 heavy (non-hydrogen) atoms. The second kappa shape index (κ2) is 30.6. The molecule has 1 saturated heterocycles. The zero-order chi connectivity index (χ0) is 70.5. The zero-order valence-corrected chi connectivity index (χ0v) is 56.6. The van der Waals surface area contributed by atoms with Crippen molar-refractivity contribution in [3.8, 4) is 17.2 Å². The van der Waals surface area contributed by atoms with Crippen LogP contribution in [0.5, 0.6) is 17.2 Å². The predicted octanol–water partition coefficient (Wildman–Crippen LogP) is 5.68. The number of phosphoric acid groups is 2. The molecule has 0 saturated carbocycles. The van der Waals surface area contributed by atoms with Crippen molar-refractivity contribution in [1.82, 2.24) is 35.1 Å². The molecular formula is C62H71N15O20P3+. The molecule has 12 rings (SSSR count). The fourth-order valence-corrected chi connectivity index (χ4v) is 17.1. The van der Waals surface area contributed by atoms with Crippen molar-refractivity contribution in [2.24, 2.45) is 10.2 Å². The normalized spacial score (nSPS) is 19.3. The number of nitrogens with one attached hydrogen (secondary N) is 3. The molecule has 9 N–H and O–H groups in total. The fraction of sp³-hybridized carbons (Fsp3) is 0.435. The van der Waals surface area contributed by atoms with Gasteiger partial charge >= 0.3 is 29.2 Å². The van der Waals surface area contributed by atoms with E-state index in [9.17, 15) is 58.2 Å². The fourth-order valence-electron chi connectivity index (χ4n) is 13.6. The topological polar surface area (TPSA) is 480 Å². The number of azide groups is 2. The van der Waals surface area contributed by atoms with Crippen LogP contribution in [0.1, 0.15) is 108 Å². The molecule has 38 heteroatoms. The highest BCUT2D eigenvalue weighted by Gasteiger charge is 2.44. The Morgan fingerprint density at radius 2 is 1.60 bits per heavy atom. The van der Waals surface area contributed by atoms with Crippen molar-refractivity contribution in [1.29, 1.82) is 0 Å². The van der Waals surface area contributed by atoms with Crippen LogP contribution in [0.2, 0.25) is 0 Å². The number of ether oxygens (including phenoxy) is 6. The second-order valence-electron chi connectivity index (χ2n) is 24.3. The summed E-state index contributed by atoms with van der Waals surface area (Å²) < 4.78 is 89.0. The first-order valence-corrected chi connectivity index (χ1v) is 37.1. The van der Waals surface area contributed by atoms with Crippen molar-refractivity contribution in [3.05, 3.63) is 154 Å². The molecule has 3 amide bonds. The molecule has 0 bridgehead atoms. The Hall–Kier alpha value is -8.84. The van der Waals surface area contributed by atoms with E-state index in [1.807, 2.05) is 0 Å². The van der Waals surface area contributed by atoms with Crippen LogP contribution in [0.4, 0.5) is 11.5 Å². The first-order valence-electron chi connectivity index (χ1n) is 32.1. The number of carboxylic acid groups (broad SMARTS) is 1. The number of carboxylic acids is 1. The third kappa shape index (κ3) is 16.1. The summed E-state index contributed by atoms with van der Waals surface area (Å²) >= 11 is 0. The van der Waals surface area contributed by atoms with E-state index in [4.69, 9.17) is 44.2 Å². The molecule has 6 aliphatic rings. The van der Waals surface area contributed by atoms with Crippen molar-refractivity contribution in [2.75, 3.05) is 96.3 Å². The number of nitrogen functional groups attached to an aromatic ring is 1. The van der Waals surface area contributed by atoms with Crippen LogP contribution >= 0.6 is 23.2 Å². The van der Waals surface area contributed by atoms with Gasteiger partial charge in [-0.1, -0.05) is 16.3 Å². The highest BCUT2D eigenvalue weighted by molar-refractivity contribution is 7.68. The third-order valence-corrected chi connectivity index (χ3v) is 21.7. The quantitative estimate of drug-likeness (QED) is 0.00670. The van der Waals surface area contributed by atoms with Crippen LogP contribution in [0.3, 0.4) is 0 Å². The minimum absolute atomic E-state index is 0.0239. The van der Waals surface area contributed by atoms with Gasteiger partial charge in [-0.3, -0.25) is 23.5 Å². The van der Waals surface area contributed by atoms with E-state index >= 15 is 0 Å². The number of hydrogen-bond acceptors (Lipinski definition) is 22. The Labute approximate surface area is 569 Å². The lowest BCUT2D eigenvalue weighted by Crippen LogP contribution is -2.45. The zero-order valence-electron chi connectivity index (χ0n) is 53.9. The lowest BCUT2D eigenvalue weighted by molar-refractivity contribution is -0.126. The van der Waals surface area contributed by atoms with Crippen LogP contribution < -0.4 is 51.2 Å². The molecule has 35 nitrogen and oxygen atoms in total. The number of benzene rings is 4. The van der Waals surface area contributed by atoms with Gasteiger partial charge in [0.05, 0.1) is 42.4 Å². The summed E-state index contributed by atoms with van der Waals surface area (Å²) in [6, 6.07) is 15.3. The maximum absolute atomic E-state index is 14.1. The molecule has 2 aromatic heterocycles. The number of aryl methyl sites for hydroxylation is 2. The van der Waals surface area contributed by atoms with Gasteiger partial charge in [-0.25, -0.2) is 32.8 Å². The molecule has 8 heterocycles. The number of fused-ring (bicyclic) bond motifs is 5. The summed E-state index contributed by atoms with van der Waals surface area (Å²) in [6.07, 6.45) is 5.66. The standard InChI is InChI=1S/C62H70N15O20P3/c1-98(83,84)96-100(87,88)97-99(85,86)93-30-48-47(92-34-71-73-64)27-51(94-48)77-29-39(52-58(63)69-33-70-59(52)77)28-68-49(78)31-89-21-22-90-50(72-74-65)32-91-40-10-2-7-37(23-40)60(79)66-15-16-67-61(80)38-13-14-41(62(81)82)44(26-38)53-45-24-35-8-3-17-75-19-5-11-42(54(35)75)56(45)95-57-43-12-6-20-76-18-4-9-36(55(43)76)25-46(53)57/h2,7,10,13-14,23-26,29,33,47-48,50-51H,3-6,8-9,11-12,15-22,27-28,30-32,34H2,1H3,(H8-,63,66,67,68,69,70,78,79,80,81,82,83,84,85,86,87,88)/p+1/t47?,48-,50?,51-/m1/s1. The maximum atomic E-state index is 14.1. The lowest BCUT2D eigenvalue weighted by Gasteiger charge is -2.39. The smallest absolute Gasteiger partial charge is 0.488 e. The number of nitrogens with two attached hydrogens (primary N) is 1. The minimum atomic E-state index is -5.59. The molecule has 528 valence electrons. The van der Waals surface area contributed by atoms with E-state index in [1.54, 1.807) is 30.5 Å². The summed E-state index contributed by atoms with van der Waals surface area (Å²) in [5, 5.41) is 28.6. The Morgan fingerprint density at radius 3 is 2.36 bits per heavy atom. The van der Waals surface area contributed by atoms with Gasteiger partial charge in [-0.15, -0.1) is 0 Å². The van der Waals surface area contributed by atoms with Crippen molar-refractivity contribution in [3.63, 3.8) is 0 Å². The van der Waals surface area contributed by atoms with Gasteiger partial charge in [0.1, 0.15) is 80.4 Å². The first kappa shape index (κ1) is 71.0. The molecular weight excluding hydrogens is 1370 g/mol. The van der Waals surface area contributed by atoms with Gasteiger partial charge < -0.3 is 79.4 Å². The molecule has 0 spiro atoms. The van der Waals surface area contributed by atoms with Crippen LogP contribution in [0.15, 0.2) is 77.3 Å². The van der Waals surface area contributed by atoms with E-state index < -0.39 is 91.5 Å². The number of phosphoric ester groups is 1. The van der Waals surface area contributed by atoms with E-state index in [0.717, 1.165) is 117 Å². The number of carbonyl (C=O) groups is 4. The average molecular weight is 1440 g/mol. The summed E-state index contributed by atoms with van der Waals surface area (Å²) in [4.78, 5) is 99.3. The molecule has 6 aliphatic heterocycles. The van der Waals surface area contributed by atoms with E-state index in [-0.39, 0.29) is 79.8 Å². The highest BCUT2D eigenvalue weighted by Crippen LogP contribution is 2.66. The SMILES string of the molecule is CP(=O)(O)OP(=O)(O)OP(=O)(O)OC[C@H]1O[C@@H](n2cc(CNC(=O)COCCOC(COc3cccc(C(=O)NCCNC(=O)c4ccc(C(=O)O)c(C5=c6cc7c8c(c6Oc6c5cc5c9c6CCCN9CCC5)CCC[N+]=8CCC7)c4)c3)N=[N+]=[N-])c3c(N)ncnc32)CC1OCN=[N+]=[N-]. The van der Waals surface area contributed by atoms with Crippen LogP contribution in [-0.2, 0) is 82.8 Å². The monoisotopic (exact) mass is 1440 g/mol. The molecule has 7 atom stereocenters. The van der Waals surface area contributed by atoms with Gasteiger partial charge in [-0.05, 0) is 109 Å². The Kier molecular flexibility index (Phi) is 21.7. The number of aromatic carboxylic acids is 1. The first-order chi connectivity index (χ1) is 48.1. The molecule has 0 aliphatic carbocycles. The number of nitrogens with zero attached hydrogens (tertiary/aromatic N) is 11. The predicted molar refractivity (Wildman–Crippen MR) is 355 cm³/mol. The van der Waals surface area contributed by atoms with E-state index in [0.29, 0.717) is 23.2 Å². The molecule has 4 aromatic carbocycles. The van der Waals surface area contributed by atoms with Gasteiger partial charge in [0.2, 0.25) is 11.3 Å². The van der Waals surface area contributed by atoms with Crippen LogP contribution in [0, 0.1) is 0 Å². The van der Waals surface area contributed by atoms with Gasteiger partial charge in [0.15, 0.2) is 6.23 Å². The van der Waals surface area contributed by atoms with E-state index in [1.165, 1.54) is 51.3 Å². The van der Waals surface area contributed by atoms with Crippen molar-refractivity contribution < 1.29 is 94.2 Å². The minimum Gasteiger partial charge on any atom is -0.491 e. The Bertz CT molecular complexity index is 4630. The van der Waals surface area contributed by atoms with Crippen molar-refractivity contribution in [2.45, 2.75) is 89.0 Å².